The van der Waals surface area contributed by atoms with Crippen molar-refractivity contribution >= 4 is 28.6 Å². The lowest BCUT2D eigenvalue weighted by atomic mass is 10.3. The van der Waals surface area contributed by atoms with Crippen molar-refractivity contribution in [1.82, 2.24) is 19.9 Å². The number of nitrogens with zero attached hydrogens (tertiary/aromatic N) is 4. The average molecular weight is 300 g/mol. The van der Waals surface area contributed by atoms with E-state index in [1.165, 1.54) is 0 Å². The summed E-state index contributed by atoms with van der Waals surface area (Å²) in [6, 6.07) is 0.118. The summed E-state index contributed by atoms with van der Waals surface area (Å²) in [5.74, 6) is 0.708. The fourth-order valence-corrected chi connectivity index (χ4v) is 2.22. The van der Waals surface area contributed by atoms with E-state index in [4.69, 9.17) is 21.1 Å². The van der Waals surface area contributed by atoms with Gasteiger partial charge in [0.25, 0.3) is 0 Å². The number of methoxy groups -OCH3 is 2. The summed E-state index contributed by atoms with van der Waals surface area (Å²) >= 11 is 5.98. The van der Waals surface area contributed by atoms with Crippen LogP contribution in [-0.4, -0.2) is 60.0 Å². The molecule has 2 aromatic rings. The second-order valence-electron chi connectivity index (χ2n) is 4.41. The van der Waals surface area contributed by atoms with Crippen LogP contribution >= 0.6 is 11.6 Å². The SMILES string of the molecule is COCCN(c1nc(Cl)nc2nc[nH]c12)C(C)COC. The molecule has 2 aromatic heterocycles. The Morgan fingerprint density at radius 3 is 2.85 bits per heavy atom. The molecule has 1 N–H and O–H groups in total. The van der Waals surface area contributed by atoms with E-state index >= 15 is 0 Å². The van der Waals surface area contributed by atoms with Gasteiger partial charge in [0.15, 0.2) is 11.5 Å². The maximum atomic E-state index is 5.98. The van der Waals surface area contributed by atoms with Gasteiger partial charge in [-0.05, 0) is 18.5 Å². The Morgan fingerprint density at radius 1 is 1.35 bits per heavy atom. The van der Waals surface area contributed by atoms with E-state index in [1.807, 2.05) is 0 Å². The van der Waals surface area contributed by atoms with Crippen molar-refractivity contribution in [1.29, 1.82) is 0 Å². The molecule has 0 saturated carbocycles. The smallest absolute Gasteiger partial charge is 0.226 e. The minimum absolute atomic E-state index is 0.118. The summed E-state index contributed by atoms with van der Waals surface area (Å²) in [5.41, 5.74) is 1.31. The van der Waals surface area contributed by atoms with Crippen molar-refractivity contribution in [3.8, 4) is 0 Å². The van der Waals surface area contributed by atoms with Crippen LogP contribution in [0.1, 0.15) is 6.92 Å². The second kappa shape index (κ2) is 6.83. The van der Waals surface area contributed by atoms with Gasteiger partial charge in [0.05, 0.1) is 25.6 Å². The maximum absolute atomic E-state index is 5.98. The van der Waals surface area contributed by atoms with Crippen molar-refractivity contribution in [2.75, 3.05) is 38.9 Å². The van der Waals surface area contributed by atoms with Crippen molar-refractivity contribution in [2.45, 2.75) is 13.0 Å². The molecule has 110 valence electrons. The van der Waals surface area contributed by atoms with Crippen molar-refractivity contribution in [2.24, 2.45) is 0 Å². The zero-order valence-corrected chi connectivity index (χ0v) is 12.5. The lowest BCUT2D eigenvalue weighted by Crippen LogP contribution is -2.39. The molecular weight excluding hydrogens is 282 g/mol. The zero-order chi connectivity index (χ0) is 14.5. The molecule has 0 fully saturated rings. The number of hydrogen-bond acceptors (Lipinski definition) is 6. The molecule has 1 unspecified atom stereocenters. The Morgan fingerprint density at radius 2 is 2.15 bits per heavy atom. The number of H-pyrrole nitrogens is 1. The highest BCUT2D eigenvalue weighted by molar-refractivity contribution is 6.28. The fourth-order valence-electron chi connectivity index (χ4n) is 2.06. The van der Waals surface area contributed by atoms with Crippen LogP contribution in [0.25, 0.3) is 11.2 Å². The number of aromatic amines is 1. The summed E-state index contributed by atoms with van der Waals surface area (Å²) in [6.07, 6.45) is 1.58. The summed E-state index contributed by atoms with van der Waals surface area (Å²) in [5, 5.41) is 0.173. The number of anilines is 1. The minimum Gasteiger partial charge on any atom is -0.383 e. The number of halogens is 1. The molecule has 20 heavy (non-hydrogen) atoms. The molecule has 2 heterocycles. The average Bonchev–Trinajstić information content (AvgIpc) is 2.87. The molecule has 0 aromatic carbocycles. The van der Waals surface area contributed by atoms with Gasteiger partial charge in [-0.2, -0.15) is 9.97 Å². The third-order valence-corrected chi connectivity index (χ3v) is 3.16. The Hall–Kier alpha value is -1.44. The van der Waals surface area contributed by atoms with Gasteiger partial charge < -0.3 is 19.4 Å². The van der Waals surface area contributed by atoms with Gasteiger partial charge in [-0.3, -0.25) is 0 Å². The molecule has 0 aliphatic carbocycles. The molecule has 0 saturated heterocycles. The highest BCUT2D eigenvalue weighted by Crippen LogP contribution is 2.24. The van der Waals surface area contributed by atoms with Crippen LogP contribution in [0, 0.1) is 0 Å². The van der Waals surface area contributed by atoms with Gasteiger partial charge >= 0.3 is 0 Å². The predicted molar refractivity (Wildman–Crippen MR) is 77.3 cm³/mol. The lowest BCUT2D eigenvalue weighted by molar-refractivity contribution is 0.170. The molecular formula is C12H18ClN5O2. The minimum atomic E-state index is 0.118. The van der Waals surface area contributed by atoms with Crippen LogP contribution in [-0.2, 0) is 9.47 Å². The van der Waals surface area contributed by atoms with Gasteiger partial charge in [-0.15, -0.1) is 0 Å². The Kier molecular flexibility index (Phi) is 5.11. The number of hydrogen-bond donors (Lipinski definition) is 1. The van der Waals surface area contributed by atoms with Crippen LogP contribution in [0.5, 0.6) is 0 Å². The van der Waals surface area contributed by atoms with E-state index in [1.54, 1.807) is 20.5 Å². The number of ether oxygens (including phenoxy) is 2. The van der Waals surface area contributed by atoms with Crippen LogP contribution in [0.15, 0.2) is 6.33 Å². The summed E-state index contributed by atoms with van der Waals surface area (Å²) < 4.78 is 10.4. The molecule has 8 heteroatoms. The molecule has 0 aliphatic rings. The maximum Gasteiger partial charge on any atom is 0.226 e. The van der Waals surface area contributed by atoms with E-state index in [2.05, 4.69) is 31.8 Å². The zero-order valence-electron chi connectivity index (χ0n) is 11.8. The fraction of sp³-hybridized carbons (Fsp3) is 0.583. The topological polar surface area (TPSA) is 76.2 Å². The first-order valence-electron chi connectivity index (χ1n) is 6.28. The molecule has 0 spiro atoms. The van der Waals surface area contributed by atoms with E-state index in [-0.39, 0.29) is 11.3 Å². The largest absolute Gasteiger partial charge is 0.383 e. The van der Waals surface area contributed by atoms with Gasteiger partial charge in [0.1, 0.15) is 5.52 Å². The summed E-state index contributed by atoms with van der Waals surface area (Å²) in [4.78, 5) is 17.7. The van der Waals surface area contributed by atoms with E-state index in [0.717, 1.165) is 5.52 Å². The number of aromatic nitrogens is 4. The van der Waals surface area contributed by atoms with Crippen LogP contribution in [0.3, 0.4) is 0 Å². The lowest BCUT2D eigenvalue weighted by Gasteiger charge is -2.29. The number of fused-ring (bicyclic) bond motifs is 1. The molecule has 7 nitrogen and oxygen atoms in total. The summed E-state index contributed by atoms with van der Waals surface area (Å²) in [7, 11) is 3.33. The first kappa shape index (κ1) is 15.0. The van der Waals surface area contributed by atoms with E-state index in [0.29, 0.717) is 31.2 Å². The van der Waals surface area contributed by atoms with Crippen LogP contribution in [0.4, 0.5) is 5.82 Å². The van der Waals surface area contributed by atoms with E-state index < -0.39 is 0 Å². The molecule has 0 bridgehead atoms. The van der Waals surface area contributed by atoms with Crippen molar-refractivity contribution in [3.05, 3.63) is 11.6 Å². The molecule has 0 aliphatic heterocycles. The van der Waals surface area contributed by atoms with E-state index in [9.17, 15) is 0 Å². The summed E-state index contributed by atoms with van der Waals surface area (Å²) in [6.45, 7) is 3.87. The highest BCUT2D eigenvalue weighted by Gasteiger charge is 2.20. The number of imidazole rings is 1. The Bertz CT molecular complexity index is 562. The van der Waals surface area contributed by atoms with Gasteiger partial charge in [-0.25, -0.2) is 4.98 Å². The van der Waals surface area contributed by atoms with Gasteiger partial charge in [0.2, 0.25) is 5.28 Å². The standard InChI is InChI=1S/C12H18ClN5O2/c1-8(6-20-3)18(4-5-19-2)11-9-10(15-7-14-9)16-12(13)17-11/h7-8H,4-6H2,1-3H3,(H,14,15,16,17). The predicted octanol–water partition coefficient (Wildman–Crippen LogP) is 1.49. The van der Waals surface area contributed by atoms with Gasteiger partial charge in [-0.1, -0.05) is 0 Å². The Labute approximate surface area is 122 Å². The first-order valence-corrected chi connectivity index (χ1v) is 6.66. The monoisotopic (exact) mass is 299 g/mol. The number of rotatable bonds is 7. The molecule has 0 amide bonds. The van der Waals surface area contributed by atoms with Crippen molar-refractivity contribution < 1.29 is 9.47 Å². The second-order valence-corrected chi connectivity index (χ2v) is 4.75. The third kappa shape index (κ3) is 3.17. The Balaban J connectivity index is 2.40. The molecule has 1 atom stereocenters. The molecule has 2 rings (SSSR count). The normalized spacial score (nSPS) is 12.8. The van der Waals surface area contributed by atoms with Gasteiger partial charge in [0, 0.05) is 20.8 Å². The molecule has 0 radical (unpaired) electrons. The van der Waals surface area contributed by atoms with Crippen molar-refractivity contribution in [3.63, 3.8) is 0 Å². The van der Waals surface area contributed by atoms with Crippen LogP contribution in [0.2, 0.25) is 5.28 Å². The highest BCUT2D eigenvalue weighted by atomic mass is 35.5. The number of nitrogens with one attached hydrogen (secondary N) is 1. The quantitative estimate of drug-likeness (QED) is 0.781. The van der Waals surface area contributed by atoms with Crippen LogP contribution < -0.4 is 4.90 Å². The third-order valence-electron chi connectivity index (χ3n) is 2.99. The first-order chi connectivity index (χ1) is 9.67.